The van der Waals surface area contributed by atoms with Crippen LogP contribution in [0.15, 0.2) is 35.7 Å². The Hall–Kier alpha value is -1.92. The Balaban J connectivity index is 1.79. The van der Waals surface area contributed by atoms with Crippen LogP contribution in [0.25, 0.3) is 10.6 Å². The van der Waals surface area contributed by atoms with Crippen LogP contribution in [0.1, 0.15) is 32.9 Å². The second kappa shape index (κ2) is 8.26. The zero-order valence-corrected chi connectivity index (χ0v) is 15.2. The number of benzene rings is 1. The van der Waals surface area contributed by atoms with Gasteiger partial charge in [-0.2, -0.15) is 0 Å². The lowest BCUT2D eigenvalue weighted by Crippen LogP contribution is -2.41. The molecule has 1 unspecified atom stereocenters. The van der Waals surface area contributed by atoms with Crippen molar-refractivity contribution < 1.29 is 9.90 Å². The van der Waals surface area contributed by atoms with E-state index in [1.807, 2.05) is 49.6 Å². The van der Waals surface area contributed by atoms with Crippen LogP contribution in [0.5, 0.6) is 0 Å². The van der Waals surface area contributed by atoms with Gasteiger partial charge in [0.1, 0.15) is 5.01 Å². The van der Waals surface area contributed by atoms with Gasteiger partial charge in [-0.05, 0) is 18.8 Å². The first kappa shape index (κ1) is 18.4. The molecule has 0 saturated carbocycles. The van der Waals surface area contributed by atoms with Gasteiger partial charge >= 0.3 is 6.03 Å². The van der Waals surface area contributed by atoms with Crippen LogP contribution in [0.4, 0.5) is 4.79 Å². The second-order valence-electron chi connectivity index (χ2n) is 6.76. The molecule has 0 spiro atoms. The minimum absolute atomic E-state index is 0.146. The number of hydrogen-bond donors (Lipinski definition) is 3. The van der Waals surface area contributed by atoms with Crippen molar-refractivity contribution in [2.75, 3.05) is 6.54 Å². The van der Waals surface area contributed by atoms with Gasteiger partial charge < -0.3 is 15.7 Å². The van der Waals surface area contributed by atoms with Gasteiger partial charge in [0.15, 0.2) is 0 Å². The molecule has 0 radical (unpaired) electrons. The van der Waals surface area contributed by atoms with E-state index in [2.05, 4.69) is 15.6 Å². The van der Waals surface area contributed by atoms with Crippen molar-refractivity contribution >= 4 is 17.4 Å². The van der Waals surface area contributed by atoms with Crippen molar-refractivity contribution in [1.29, 1.82) is 0 Å². The van der Waals surface area contributed by atoms with Gasteiger partial charge in [0.25, 0.3) is 0 Å². The molecule has 24 heavy (non-hydrogen) atoms. The first-order valence-corrected chi connectivity index (χ1v) is 8.93. The zero-order chi connectivity index (χ0) is 17.6. The van der Waals surface area contributed by atoms with E-state index in [4.69, 9.17) is 0 Å². The number of hydrogen-bond acceptors (Lipinski definition) is 4. The average Bonchev–Trinajstić information content (AvgIpc) is 3.00. The molecule has 6 heteroatoms. The molecule has 0 saturated heterocycles. The molecule has 2 rings (SSSR count). The molecule has 0 fully saturated rings. The number of amides is 2. The van der Waals surface area contributed by atoms with Crippen LogP contribution >= 0.6 is 11.3 Å². The number of aliphatic hydroxyl groups excluding tert-OH is 1. The summed E-state index contributed by atoms with van der Waals surface area (Å²) in [5.41, 5.74) is 1.78. The Morgan fingerprint density at radius 1 is 1.29 bits per heavy atom. The fourth-order valence-corrected chi connectivity index (χ4v) is 3.35. The number of rotatable bonds is 7. The molecule has 1 aromatic carbocycles. The number of thiazole rings is 1. The van der Waals surface area contributed by atoms with Gasteiger partial charge in [-0.3, -0.25) is 0 Å². The van der Waals surface area contributed by atoms with Crippen LogP contribution in [0, 0.1) is 5.41 Å². The molecule has 130 valence electrons. The summed E-state index contributed by atoms with van der Waals surface area (Å²) in [5, 5.41) is 18.0. The Morgan fingerprint density at radius 2 is 2.00 bits per heavy atom. The van der Waals surface area contributed by atoms with Gasteiger partial charge in [-0.25, -0.2) is 9.78 Å². The third kappa shape index (κ3) is 5.94. The molecule has 0 aliphatic rings. The fourth-order valence-electron chi connectivity index (χ4n) is 2.53. The topological polar surface area (TPSA) is 74.2 Å². The Labute approximate surface area is 147 Å². The predicted octanol–water partition coefficient (Wildman–Crippen LogP) is 3.41. The zero-order valence-electron chi connectivity index (χ0n) is 14.4. The highest BCUT2D eigenvalue weighted by Gasteiger charge is 2.21. The SMILES string of the molecule is CC(O)CC(C)(C)CNC(=O)NCc1csc(-c2ccccc2)n1. The average molecular weight is 347 g/mol. The normalized spacial score (nSPS) is 12.7. The largest absolute Gasteiger partial charge is 0.393 e. The summed E-state index contributed by atoms with van der Waals surface area (Å²) in [5.74, 6) is 0. The third-order valence-electron chi connectivity index (χ3n) is 3.58. The number of urea groups is 1. The van der Waals surface area contributed by atoms with Crippen molar-refractivity contribution in [1.82, 2.24) is 15.6 Å². The summed E-state index contributed by atoms with van der Waals surface area (Å²) in [6.45, 7) is 6.70. The Bertz CT molecular complexity index is 653. The van der Waals surface area contributed by atoms with E-state index >= 15 is 0 Å². The van der Waals surface area contributed by atoms with Gasteiger partial charge in [-0.1, -0.05) is 44.2 Å². The van der Waals surface area contributed by atoms with E-state index in [-0.39, 0.29) is 17.6 Å². The number of aliphatic hydroxyl groups is 1. The molecule has 1 atom stereocenters. The van der Waals surface area contributed by atoms with E-state index < -0.39 is 0 Å². The van der Waals surface area contributed by atoms with Crippen LogP contribution in [0.2, 0.25) is 0 Å². The van der Waals surface area contributed by atoms with E-state index in [1.165, 1.54) is 0 Å². The first-order valence-electron chi connectivity index (χ1n) is 8.05. The quantitative estimate of drug-likeness (QED) is 0.718. The molecule has 2 amide bonds. The lowest BCUT2D eigenvalue weighted by molar-refractivity contribution is 0.129. The third-order valence-corrected chi connectivity index (χ3v) is 4.52. The van der Waals surface area contributed by atoms with Crippen molar-refractivity contribution in [3.63, 3.8) is 0 Å². The second-order valence-corrected chi connectivity index (χ2v) is 7.62. The van der Waals surface area contributed by atoms with Crippen molar-refractivity contribution in [3.8, 4) is 10.6 Å². The van der Waals surface area contributed by atoms with Crippen molar-refractivity contribution in [2.24, 2.45) is 5.41 Å². The molecule has 5 nitrogen and oxygen atoms in total. The van der Waals surface area contributed by atoms with Gasteiger partial charge in [-0.15, -0.1) is 11.3 Å². The fraction of sp³-hybridized carbons (Fsp3) is 0.444. The number of nitrogens with one attached hydrogen (secondary N) is 2. The van der Waals surface area contributed by atoms with E-state index in [0.717, 1.165) is 16.3 Å². The molecular weight excluding hydrogens is 322 g/mol. The first-order chi connectivity index (χ1) is 11.4. The highest BCUT2D eigenvalue weighted by Crippen LogP contribution is 2.23. The maximum absolute atomic E-state index is 11.9. The monoisotopic (exact) mass is 347 g/mol. The molecule has 2 aromatic rings. The lowest BCUT2D eigenvalue weighted by atomic mass is 9.87. The number of nitrogens with zero attached hydrogens (tertiary/aromatic N) is 1. The molecular formula is C18H25N3O2S. The molecule has 1 heterocycles. The molecule has 3 N–H and O–H groups in total. The van der Waals surface area contributed by atoms with Gasteiger partial charge in [0.2, 0.25) is 0 Å². The van der Waals surface area contributed by atoms with Crippen LogP contribution < -0.4 is 10.6 Å². The summed E-state index contributed by atoms with van der Waals surface area (Å²) in [7, 11) is 0. The van der Waals surface area contributed by atoms with E-state index in [0.29, 0.717) is 19.5 Å². The highest BCUT2D eigenvalue weighted by molar-refractivity contribution is 7.13. The molecule has 0 aliphatic carbocycles. The van der Waals surface area contributed by atoms with Crippen molar-refractivity contribution in [3.05, 3.63) is 41.4 Å². The summed E-state index contributed by atoms with van der Waals surface area (Å²) in [4.78, 5) is 16.5. The van der Waals surface area contributed by atoms with E-state index in [1.54, 1.807) is 18.3 Å². The van der Waals surface area contributed by atoms with Crippen LogP contribution in [0.3, 0.4) is 0 Å². The summed E-state index contributed by atoms with van der Waals surface area (Å²) in [6, 6.07) is 9.76. The van der Waals surface area contributed by atoms with Crippen LogP contribution in [-0.4, -0.2) is 28.8 Å². The maximum atomic E-state index is 11.9. The Morgan fingerprint density at radius 3 is 2.67 bits per heavy atom. The number of carbonyl (C=O) groups is 1. The predicted molar refractivity (Wildman–Crippen MR) is 97.9 cm³/mol. The van der Waals surface area contributed by atoms with Gasteiger partial charge in [0.05, 0.1) is 18.3 Å². The lowest BCUT2D eigenvalue weighted by Gasteiger charge is -2.26. The molecule has 0 bridgehead atoms. The standard InChI is InChI=1S/C18H25N3O2S/c1-13(22)9-18(2,3)12-20-17(23)19-10-15-11-24-16(21-15)14-7-5-4-6-8-14/h4-8,11,13,22H,9-10,12H2,1-3H3,(H2,19,20,23). The van der Waals surface area contributed by atoms with Gasteiger partial charge in [0, 0.05) is 17.5 Å². The highest BCUT2D eigenvalue weighted by atomic mass is 32.1. The number of aromatic nitrogens is 1. The van der Waals surface area contributed by atoms with E-state index in [9.17, 15) is 9.90 Å². The smallest absolute Gasteiger partial charge is 0.315 e. The molecule has 0 aliphatic heterocycles. The summed E-state index contributed by atoms with van der Waals surface area (Å²) >= 11 is 1.57. The maximum Gasteiger partial charge on any atom is 0.315 e. The molecule has 1 aromatic heterocycles. The van der Waals surface area contributed by atoms with Crippen molar-refractivity contribution in [2.45, 2.75) is 39.8 Å². The Kier molecular flexibility index (Phi) is 6.34. The summed E-state index contributed by atoms with van der Waals surface area (Å²) in [6.07, 6.45) is 0.260. The van der Waals surface area contributed by atoms with Crippen LogP contribution in [-0.2, 0) is 6.54 Å². The summed E-state index contributed by atoms with van der Waals surface area (Å²) < 4.78 is 0. The minimum atomic E-state index is -0.378. The minimum Gasteiger partial charge on any atom is -0.393 e. The number of carbonyl (C=O) groups excluding carboxylic acids is 1.